The van der Waals surface area contributed by atoms with Crippen molar-refractivity contribution in [1.29, 1.82) is 0 Å². The van der Waals surface area contributed by atoms with Gasteiger partial charge in [0, 0.05) is 6.04 Å². The number of methoxy groups -OCH3 is 1. The van der Waals surface area contributed by atoms with E-state index in [1.54, 1.807) is 0 Å². The predicted molar refractivity (Wildman–Crippen MR) is 78.8 cm³/mol. The molecular weight excluding hydrogens is 266 g/mol. The van der Waals surface area contributed by atoms with Crippen LogP contribution >= 0.6 is 0 Å². The maximum Gasteiger partial charge on any atom is 0.308 e. The van der Waals surface area contributed by atoms with Crippen molar-refractivity contribution in [3.63, 3.8) is 0 Å². The van der Waals surface area contributed by atoms with Gasteiger partial charge in [0.25, 0.3) is 0 Å². The van der Waals surface area contributed by atoms with Crippen LogP contribution in [0.4, 0.5) is 0 Å². The summed E-state index contributed by atoms with van der Waals surface area (Å²) in [6.07, 6.45) is 4.18. The third kappa shape index (κ3) is 2.80. The quantitative estimate of drug-likeness (QED) is 0.867. The van der Waals surface area contributed by atoms with E-state index in [1.807, 2.05) is 18.2 Å². The fourth-order valence-electron chi connectivity index (χ4n) is 3.43. The van der Waals surface area contributed by atoms with Gasteiger partial charge < -0.3 is 10.1 Å². The minimum atomic E-state index is -0.118. The van der Waals surface area contributed by atoms with E-state index in [-0.39, 0.29) is 29.8 Å². The summed E-state index contributed by atoms with van der Waals surface area (Å²) in [5.41, 5.74) is 2.45. The Morgan fingerprint density at radius 3 is 2.52 bits per heavy atom. The highest BCUT2D eigenvalue weighted by atomic mass is 16.5. The molecule has 21 heavy (non-hydrogen) atoms. The number of amides is 1. The lowest BCUT2D eigenvalue weighted by molar-refractivity contribution is -0.146. The van der Waals surface area contributed by atoms with Crippen molar-refractivity contribution in [3.8, 4) is 0 Å². The molecule has 0 saturated heterocycles. The highest BCUT2D eigenvalue weighted by Gasteiger charge is 2.34. The van der Waals surface area contributed by atoms with Crippen molar-refractivity contribution in [2.75, 3.05) is 7.11 Å². The molecule has 2 aliphatic carbocycles. The summed E-state index contributed by atoms with van der Waals surface area (Å²) in [4.78, 5) is 23.8. The number of carbonyl (C=O) groups is 2. The minimum absolute atomic E-state index is 0.00702. The molecule has 0 bridgehead atoms. The summed E-state index contributed by atoms with van der Waals surface area (Å²) in [7, 11) is 1.43. The van der Waals surface area contributed by atoms with Crippen LogP contribution < -0.4 is 5.32 Å². The van der Waals surface area contributed by atoms with Gasteiger partial charge in [-0.3, -0.25) is 9.59 Å². The van der Waals surface area contributed by atoms with E-state index in [9.17, 15) is 9.59 Å². The molecule has 1 amide bonds. The van der Waals surface area contributed by atoms with Gasteiger partial charge in [-0.05, 0) is 43.2 Å². The maximum atomic E-state index is 12.3. The highest BCUT2D eigenvalue weighted by molar-refractivity contribution is 5.87. The van der Waals surface area contributed by atoms with Gasteiger partial charge in [0.1, 0.15) is 0 Å². The molecule has 2 aliphatic rings. The number of rotatable bonds is 3. The van der Waals surface area contributed by atoms with Gasteiger partial charge in [-0.2, -0.15) is 0 Å². The van der Waals surface area contributed by atoms with Crippen LogP contribution in [-0.4, -0.2) is 25.0 Å². The van der Waals surface area contributed by atoms with Crippen molar-refractivity contribution in [2.24, 2.45) is 5.92 Å². The summed E-state index contributed by atoms with van der Waals surface area (Å²) in [5, 5.41) is 3.15. The normalized spacial score (nSPS) is 27.2. The third-order valence-corrected chi connectivity index (χ3v) is 4.78. The van der Waals surface area contributed by atoms with Crippen molar-refractivity contribution >= 4 is 11.9 Å². The largest absolute Gasteiger partial charge is 0.469 e. The fourth-order valence-corrected chi connectivity index (χ4v) is 3.43. The van der Waals surface area contributed by atoms with Crippen molar-refractivity contribution < 1.29 is 14.3 Å². The Labute approximate surface area is 124 Å². The monoisotopic (exact) mass is 287 g/mol. The molecule has 0 radical (unpaired) electrons. The average Bonchev–Trinajstić information content (AvgIpc) is 2.48. The average molecular weight is 287 g/mol. The van der Waals surface area contributed by atoms with Gasteiger partial charge in [0.15, 0.2) is 0 Å². The van der Waals surface area contributed by atoms with Crippen molar-refractivity contribution in [3.05, 3.63) is 35.4 Å². The van der Waals surface area contributed by atoms with E-state index in [0.29, 0.717) is 0 Å². The molecule has 1 fully saturated rings. The topological polar surface area (TPSA) is 55.4 Å². The molecule has 1 aromatic rings. The van der Waals surface area contributed by atoms with Crippen LogP contribution in [0.2, 0.25) is 0 Å². The number of hydrogen-bond donors (Lipinski definition) is 1. The number of nitrogens with one attached hydrogen (secondary N) is 1. The number of ether oxygens (including phenoxy) is 1. The lowest BCUT2D eigenvalue weighted by Crippen LogP contribution is -2.43. The van der Waals surface area contributed by atoms with Crippen molar-refractivity contribution in [1.82, 2.24) is 5.32 Å². The molecule has 1 aromatic carbocycles. The van der Waals surface area contributed by atoms with Crippen LogP contribution in [0.15, 0.2) is 24.3 Å². The molecule has 1 atom stereocenters. The minimum Gasteiger partial charge on any atom is -0.469 e. The molecular formula is C17H21NO3. The first-order chi connectivity index (χ1) is 10.2. The van der Waals surface area contributed by atoms with E-state index in [1.165, 1.54) is 18.2 Å². The van der Waals surface area contributed by atoms with E-state index >= 15 is 0 Å². The van der Waals surface area contributed by atoms with E-state index in [2.05, 4.69) is 11.4 Å². The Bertz CT molecular complexity index is 547. The molecule has 0 aromatic heterocycles. The Morgan fingerprint density at radius 2 is 1.86 bits per heavy atom. The van der Waals surface area contributed by atoms with Gasteiger partial charge in [-0.25, -0.2) is 0 Å². The van der Waals surface area contributed by atoms with E-state index in [0.717, 1.165) is 32.1 Å². The molecule has 0 spiro atoms. The first-order valence-electron chi connectivity index (χ1n) is 7.65. The standard InChI is InChI=1S/C17H21NO3/c1-21-17(20)11-6-8-13(9-7-11)18-16(19)15-10-12-4-2-3-5-14(12)15/h2-5,11,13,15H,6-10H2,1H3,(H,18,19). The molecule has 1 saturated carbocycles. The Morgan fingerprint density at radius 1 is 1.14 bits per heavy atom. The second-order valence-corrected chi connectivity index (χ2v) is 6.04. The second kappa shape index (κ2) is 5.88. The molecule has 4 nitrogen and oxygen atoms in total. The van der Waals surface area contributed by atoms with Crippen LogP contribution in [0, 0.1) is 5.92 Å². The first kappa shape index (κ1) is 14.1. The summed E-state index contributed by atoms with van der Waals surface area (Å²) in [6.45, 7) is 0. The van der Waals surface area contributed by atoms with Crippen molar-refractivity contribution in [2.45, 2.75) is 44.1 Å². The Balaban J connectivity index is 1.50. The predicted octanol–water partition coefficient (Wildman–Crippen LogP) is 2.17. The number of hydrogen-bond acceptors (Lipinski definition) is 3. The van der Waals surface area contributed by atoms with Gasteiger partial charge in [-0.15, -0.1) is 0 Å². The van der Waals surface area contributed by atoms with Crippen LogP contribution in [0.25, 0.3) is 0 Å². The molecule has 3 rings (SSSR count). The summed E-state index contributed by atoms with van der Waals surface area (Å²) < 4.78 is 4.78. The lowest BCUT2D eigenvalue weighted by atomic mass is 9.76. The smallest absolute Gasteiger partial charge is 0.308 e. The molecule has 0 heterocycles. The lowest BCUT2D eigenvalue weighted by Gasteiger charge is -2.33. The fraction of sp³-hybridized carbons (Fsp3) is 0.529. The SMILES string of the molecule is COC(=O)C1CCC(NC(=O)C2Cc3ccccc32)CC1. The van der Waals surface area contributed by atoms with Gasteiger partial charge in [0.2, 0.25) is 5.91 Å². The summed E-state index contributed by atoms with van der Waals surface area (Å²) in [5.74, 6) is 0.0371. The highest BCUT2D eigenvalue weighted by Crippen LogP contribution is 2.35. The van der Waals surface area contributed by atoms with E-state index < -0.39 is 0 Å². The third-order valence-electron chi connectivity index (χ3n) is 4.78. The zero-order valence-corrected chi connectivity index (χ0v) is 12.3. The van der Waals surface area contributed by atoms with Gasteiger partial charge >= 0.3 is 5.97 Å². The number of carbonyl (C=O) groups excluding carboxylic acids is 2. The number of esters is 1. The summed E-state index contributed by atoms with van der Waals surface area (Å²) in [6, 6.07) is 8.32. The summed E-state index contributed by atoms with van der Waals surface area (Å²) >= 11 is 0. The number of fused-ring (bicyclic) bond motifs is 1. The molecule has 1 unspecified atom stereocenters. The molecule has 112 valence electrons. The van der Waals surface area contributed by atoms with Gasteiger partial charge in [0.05, 0.1) is 18.9 Å². The van der Waals surface area contributed by atoms with Crippen LogP contribution in [0.1, 0.15) is 42.7 Å². The zero-order valence-electron chi connectivity index (χ0n) is 12.3. The molecule has 4 heteroatoms. The Hall–Kier alpha value is -1.84. The Kier molecular flexibility index (Phi) is 3.95. The van der Waals surface area contributed by atoms with Crippen LogP contribution in [-0.2, 0) is 20.7 Å². The number of benzene rings is 1. The zero-order chi connectivity index (χ0) is 14.8. The van der Waals surface area contributed by atoms with Crippen LogP contribution in [0.5, 0.6) is 0 Å². The van der Waals surface area contributed by atoms with E-state index in [4.69, 9.17) is 4.74 Å². The van der Waals surface area contributed by atoms with Gasteiger partial charge in [-0.1, -0.05) is 24.3 Å². The second-order valence-electron chi connectivity index (χ2n) is 6.04. The first-order valence-corrected chi connectivity index (χ1v) is 7.65. The molecule has 0 aliphatic heterocycles. The molecule has 1 N–H and O–H groups in total. The maximum absolute atomic E-state index is 12.3. The van der Waals surface area contributed by atoms with Crippen LogP contribution in [0.3, 0.4) is 0 Å².